The second-order valence-electron chi connectivity index (χ2n) is 4.93. The number of hydrogen-bond acceptors (Lipinski definition) is 3. The van der Waals surface area contributed by atoms with Crippen molar-refractivity contribution in [3.63, 3.8) is 0 Å². The highest BCUT2D eigenvalue weighted by Gasteiger charge is 2.15. The lowest BCUT2D eigenvalue weighted by atomic mass is 10.2. The van der Waals surface area contributed by atoms with Gasteiger partial charge < -0.3 is 14.8 Å². The van der Waals surface area contributed by atoms with Crippen molar-refractivity contribution in [2.45, 2.75) is 13.5 Å². The molecule has 0 aliphatic rings. The number of pyridine rings is 1. The topological polar surface area (TPSA) is 75.4 Å². The summed E-state index contributed by atoms with van der Waals surface area (Å²) in [6, 6.07) is 12.0. The van der Waals surface area contributed by atoms with Gasteiger partial charge in [0.1, 0.15) is 11.4 Å². The third-order valence-electron chi connectivity index (χ3n) is 3.37. The number of carboxylic acids is 1. The van der Waals surface area contributed by atoms with Crippen LogP contribution >= 0.6 is 0 Å². The molecule has 0 amide bonds. The number of phenols is 1. The number of aryl methyl sites for hydroxylation is 1. The molecule has 0 spiro atoms. The Morgan fingerprint density at radius 1 is 1.24 bits per heavy atom. The zero-order valence-corrected chi connectivity index (χ0v) is 11.4. The summed E-state index contributed by atoms with van der Waals surface area (Å²) in [7, 11) is 0. The predicted molar refractivity (Wildman–Crippen MR) is 78.6 cm³/mol. The number of nitrogens with zero attached hydrogens (tertiary/aromatic N) is 2. The maximum Gasteiger partial charge on any atom is 0.352 e. The molecule has 0 saturated carbocycles. The summed E-state index contributed by atoms with van der Waals surface area (Å²) in [6.45, 7) is 2.27. The molecular weight excluding hydrogens is 268 g/mol. The number of benzene rings is 1. The second kappa shape index (κ2) is 4.94. The van der Waals surface area contributed by atoms with E-state index in [1.807, 2.05) is 25.1 Å². The lowest BCUT2D eigenvalue weighted by molar-refractivity contribution is 0.0686. The summed E-state index contributed by atoms with van der Waals surface area (Å²) in [5.41, 5.74) is 2.62. The number of phenolic OH excluding ortho intramolecular Hbond substituents is 1. The molecule has 21 heavy (non-hydrogen) atoms. The van der Waals surface area contributed by atoms with Gasteiger partial charge in [-0.25, -0.2) is 4.79 Å². The van der Waals surface area contributed by atoms with E-state index >= 15 is 0 Å². The Balaban J connectivity index is 2.15. The Kier molecular flexibility index (Phi) is 3.10. The minimum Gasteiger partial charge on any atom is -0.508 e. The molecule has 3 rings (SSSR count). The molecule has 5 heteroatoms. The van der Waals surface area contributed by atoms with Gasteiger partial charge in [-0.3, -0.25) is 4.98 Å². The van der Waals surface area contributed by atoms with E-state index in [1.54, 1.807) is 28.8 Å². The van der Waals surface area contributed by atoms with Gasteiger partial charge in [0.25, 0.3) is 0 Å². The van der Waals surface area contributed by atoms with Crippen LogP contribution in [0, 0.1) is 6.92 Å². The van der Waals surface area contributed by atoms with Crippen LogP contribution < -0.4 is 0 Å². The van der Waals surface area contributed by atoms with Crippen molar-refractivity contribution < 1.29 is 15.0 Å². The molecule has 0 radical (unpaired) electrons. The standard InChI is InChI=1S/C16H14N2O3/c1-10-3-2-4-12(17-10)9-18-14-6-5-13(19)7-11(14)8-15(18)16(20)21/h2-8,19H,9H2,1H3,(H,20,21). The predicted octanol–water partition coefficient (Wildman–Crippen LogP) is 2.80. The molecule has 2 N–H and O–H groups in total. The highest BCUT2D eigenvalue weighted by molar-refractivity contribution is 5.95. The number of carboxylic acid groups (broad SMARTS) is 1. The maximum absolute atomic E-state index is 11.4. The van der Waals surface area contributed by atoms with Crippen LogP contribution in [0.15, 0.2) is 42.5 Å². The molecule has 5 nitrogen and oxygen atoms in total. The highest BCUT2D eigenvalue weighted by atomic mass is 16.4. The minimum absolute atomic E-state index is 0.116. The van der Waals surface area contributed by atoms with E-state index in [0.717, 1.165) is 16.9 Å². The molecule has 3 aromatic rings. The van der Waals surface area contributed by atoms with Crippen molar-refractivity contribution >= 4 is 16.9 Å². The van der Waals surface area contributed by atoms with Crippen molar-refractivity contribution in [2.24, 2.45) is 0 Å². The first-order valence-corrected chi connectivity index (χ1v) is 6.52. The fourth-order valence-electron chi connectivity index (χ4n) is 2.46. The van der Waals surface area contributed by atoms with Crippen LogP contribution in [-0.2, 0) is 6.54 Å². The highest BCUT2D eigenvalue weighted by Crippen LogP contribution is 2.25. The van der Waals surface area contributed by atoms with Gasteiger partial charge in [-0.1, -0.05) is 6.07 Å². The lowest BCUT2D eigenvalue weighted by Crippen LogP contribution is -2.10. The van der Waals surface area contributed by atoms with Gasteiger partial charge in [0.15, 0.2) is 0 Å². The summed E-state index contributed by atoms with van der Waals surface area (Å²) >= 11 is 0. The summed E-state index contributed by atoms with van der Waals surface area (Å²) in [6.07, 6.45) is 0. The number of aromatic carboxylic acids is 1. The van der Waals surface area contributed by atoms with Gasteiger partial charge >= 0.3 is 5.97 Å². The van der Waals surface area contributed by atoms with Crippen LogP contribution in [0.5, 0.6) is 5.75 Å². The minimum atomic E-state index is -1.00. The molecule has 0 atom stereocenters. The van der Waals surface area contributed by atoms with E-state index < -0.39 is 5.97 Å². The molecule has 0 fully saturated rings. The number of aromatic hydroxyl groups is 1. The number of aromatic nitrogens is 2. The van der Waals surface area contributed by atoms with Crippen molar-refractivity contribution in [2.75, 3.05) is 0 Å². The molecule has 1 aromatic carbocycles. The first-order chi connectivity index (χ1) is 10.0. The van der Waals surface area contributed by atoms with Gasteiger partial charge in [-0.2, -0.15) is 0 Å². The van der Waals surface area contributed by atoms with Crippen LogP contribution in [0.1, 0.15) is 21.9 Å². The van der Waals surface area contributed by atoms with E-state index in [-0.39, 0.29) is 11.4 Å². The molecule has 0 aliphatic heterocycles. The Hall–Kier alpha value is -2.82. The summed E-state index contributed by atoms with van der Waals surface area (Å²) in [5, 5.41) is 19.6. The second-order valence-corrected chi connectivity index (χ2v) is 4.93. The van der Waals surface area contributed by atoms with Gasteiger partial charge in [-0.05, 0) is 43.3 Å². The number of fused-ring (bicyclic) bond motifs is 1. The molecule has 2 aromatic heterocycles. The Morgan fingerprint density at radius 2 is 2.05 bits per heavy atom. The van der Waals surface area contributed by atoms with Crippen LogP contribution in [0.4, 0.5) is 0 Å². The van der Waals surface area contributed by atoms with Crippen molar-refractivity contribution in [3.05, 3.63) is 59.5 Å². The monoisotopic (exact) mass is 282 g/mol. The van der Waals surface area contributed by atoms with Gasteiger partial charge in [-0.15, -0.1) is 0 Å². The molecule has 0 saturated heterocycles. The van der Waals surface area contributed by atoms with Crippen LogP contribution in [0.3, 0.4) is 0 Å². The molecular formula is C16H14N2O3. The van der Waals surface area contributed by atoms with Crippen molar-refractivity contribution in [1.29, 1.82) is 0 Å². The number of rotatable bonds is 3. The van der Waals surface area contributed by atoms with Gasteiger partial charge in [0, 0.05) is 16.6 Å². The Bertz CT molecular complexity index is 837. The zero-order valence-electron chi connectivity index (χ0n) is 11.4. The largest absolute Gasteiger partial charge is 0.508 e. The molecule has 2 heterocycles. The molecule has 0 aliphatic carbocycles. The van der Waals surface area contributed by atoms with E-state index in [2.05, 4.69) is 4.98 Å². The van der Waals surface area contributed by atoms with Crippen molar-refractivity contribution in [1.82, 2.24) is 9.55 Å². The number of hydrogen-bond donors (Lipinski definition) is 2. The molecule has 106 valence electrons. The van der Waals surface area contributed by atoms with Gasteiger partial charge in [0.05, 0.1) is 12.2 Å². The summed E-state index contributed by atoms with van der Waals surface area (Å²) in [5.74, 6) is -0.886. The SMILES string of the molecule is Cc1cccc(Cn2c(C(=O)O)cc3cc(O)ccc32)n1. The Labute approximate surface area is 121 Å². The quantitative estimate of drug-likeness (QED) is 0.774. The zero-order chi connectivity index (χ0) is 15.0. The maximum atomic E-state index is 11.4. The first-order valence-electron chi connectivity index (χ1n) is 6.52. The lowest BCUT2D eigenvalue weighted by Gasteiger charge is -2.08. The van der Waals surface area contributed by atoms with Crippen molar-refractivity contribution in [3.8, 4) is 5.75 Å². The average molecular weight is 282 g/mol. The smallest absolute Gasteiger partial charge is 0.352 e. The van der Waals surface area contributed by atoms with E-state index in [1.165, 1.54) is 0 Å². The third kappa shape index (κ3) is 2.45. The fourth-order valence-corrected chi connectivity index (χ4v) is 2.46. The van der Waals surface area contributed by atoms with Gasteiger partial charge in [0.2, 0.25) is 0 Å². The third-order valence-corrected chi connectivity index (χ3v) is 3.37. The first kappa shape index (κ1) is 13.2. The normalized spacial score (nSPS) is 10.9. The van der Waals surface area contributed by atoms with Crippen LogP contribution in [0.2, 0.25) is 0 Å². The fraction of sp³-hybridized carbons (Fsp3) is 0.125. The van der Waals surface area contributed by atoms with E-state index in [0.29, 0.717) is 11.9 Å². The average Bonchev–Trinajstić information content (AvgIpc) is 2.77. The van der Waals surface area contributed by atoms with Crippen LogP contribution in [0.25, 0.3) is 10.9 Å². The molecule has 0 unspecified atom stereocenters. The molecule has 0 bridgehead atoms. The summed E-state index contributed by atoms with van der Waals surface area (Å²) < 4.78 is 1.69. The van der Waals surface area contributed by atoms with Crippen LogP contribution in [-0.4, -0.2) is 25.7 Å². The summed E-state index contributed by atoms with van der Waals surface area (Å²) in [4.78, 5) is 15.8. The van der Waals surface area contributed by atoms with E-state index in [9.17, 15) is 15.0 Å². The Morgan fingerprint density at radius 3 is 2.76 bits per heavy atom. The van der Waals surface area contributed by atoms with E-state index in [4.69, 9.17) is 0 Å². The number of carbonyl (C=O) groups is 1.